The lowest BCUT2D eigenvalue weighted by Crippen LogP contribution is -2.31. The number of allylic oxidation sites excluding steroid dienone is 2. The van der Waals surface area contributed by atoms with Crippen LogP contribution in [0.25, 0.3) is 5.57 Å². The van der Waals surface area contributed by atoms with Crippen LogP contribution in [0.1, 0.15) is 36.5 Å². The number of carbonyl (C=O) groups is 1. The lowest BCUT2D eigenvalue weighted by Gasteiger charge is -2.18. The molecule has 3 aromatic rings. The number of amides is 1. The molecule has 0 fully saturated rings. The number of hydrogen-bond donors (Lipinski definition) is 1. The van der Waals surface area contributed by atoms with Crippen molar-refractivity contribution >= 4 is 11.5 Å². The zero-order valence-electron chi connectivity index (χ0n) is 22.7. The molecule has 0 saturated carbocycles. The van der Waals surface area contributed by atoms with Gasteiger partial charge in [-0.25, -0.2) is 0 Å². The maximum Gasteiger partial charge on any atom is 0.244 e. The number of nitrogens with zero attached hydrogens (tertiary/aromatic N) is 1. The summed E-state index contributed by atoms with van der Waals surface area (Å²) in [5.41, 5.74) is 3.55. The number of nitrogens with one attached hydrogen (secondary N) is 1. The molecule has 38 heavy (non-hydrogen) atoms. The van der Waals surface area contributed by atoms with Crippen molar-refractivity contribution in [1.82, 2.24) is 10.3 Å². The van der Waals surface area contributed by atoms with Crippen molar-refractivity contribution in [2.24, 2.45) is 0 Å². The van der Waals surface area contributed by atoms with Gasteiger partial charge in [0.25, 0.3) is 0 Å². The molecular weight excluding hydrogens is 480 g/mol. The van der Waals surface area contributed by atoms with Crippen LogP contribution in [0.4, 0.5) is 0 Å². The van der Waals surface area contributed by atoms with Gasteiger partial charge in [0.15, 0.2) is 23.0 Å². The highest BCUT2D eigenvalue weighted by atomic mass is 16.5. The summed E-state index contributed by atoms with van der Waals surface area (Å²) in [5.74, 6) is 2.18. The van der Waals surface area contributed by atoms with Gasteiger partial charge >= 0.3 is 0 Å². The average Bonchev–Trinajstić information content (AvgIpc) is 2.94. The van der Waals surface area contributed by atoms with Gasteiger partial charge < -0.3 is 24.3 Å². The molecule has 200 valence electrons. The van der Waals surface area contributed by atoms with Crippen LogP contribution in [0, 0.1) is 0 Å². The molecule has 0 bridgehead atoms. The van der Waals surface area contributed by atoms with Crippen LogP contribution in [0.2, 0.25) is 0 Å². The van der Waals surface area contributed by atoms with Crippen LogP contribution in [0.3, 0.4) is 0 Å². The molecule has 7 nitrogen and oxygen atoms in total. The molecule has 0 aliphatic heterocycles. The summed E-state index contributed by atoms with van der Waals surface area (Å²) >= 11 is 0. The Morgan fingerprint density at radius 1 is 0.895 bits per heavy atom. The fourth-order valence-electron chi connectivity index (χ4n) is 4.28. The van der Waals surface area contributed by atoms with Gasteiger partial charge in [-0.3, -0.25) is 9.78 Å². The Kier molecular flexibility index (Phi) is 10.8. The number of aryl methyl sites for hydroxylation is 1. The summed E-state index contributed by atoms with van der Waals surface area (Å²) in [5, 5.41) is 3.04. The predicted octanol–water partition coefficient (Wildman–Crippen LogP) is 5.63. The summed E-state index contributed by atoms with van der Waals surface area (Å²) < 4.78 is 22.4. The van der Waals surface area contributed by atoms with Gasteiger partial charge in [0, 0.05) is 35.6 Å². The van der Waals surface area contributed by atoms with Gasteiger partial charge in [-0.2, -0.15) is 0 Å². The highest BCUT2D eigenvalue weighted by Gasteiger charge is 2.19. The molecule has 1 N–H and O–H groups in total. The Bertz CT molecular complexity index is 1200. The van der Waals surface area contributed by atoms with Crippen LogP contribution < -0.4 is 24.3 Å². The Hall–Kier alpha value is -4.26. The van der Waals surface area contributed by atoms with Crippen molar-refractivity contribution in [3.05, 3.63) is 95.8 Å². The van der Waals surface area contributed by atoms with Gasteiger partial charge in [0.2, 0.25) is 5.91 Å². The number of ether oxygens (including phenoxy) is 4. The third-order valence-corrected chi connectivity index (χ3v) is 6.11. The molecule has 1 atom stereocenters. The summed E-state index contributed by atoms with van der Waals surface area (Å²) in [6, 6.07) is 15.4. The van der Waals surface area contributed by atoms with E-state index in [4.69, 9.17) is 18.9 Å². The van der Waals surface area contributed by atoms with E-state index in [9.17, 15) is 4.79 Å². The lowest BCUT2D eigenvalue weighted by molar-refractivity contribution is -0.117. The maximum atomic E-state index is 12.7. The Balaban J connectivity index is 1.83. The largest absolute Gasteiger partial charge is 0.493 e. The topological polar surface area (TPSA) is 78.9 Å². The normalized spacial score (nSPS) is 11.5. The van der Waals surface area contributed by atoms with Gasteiger partial charge in [-0.1, -0.05) is 42.5 Å². The first-order chi connectivity index (χ1) is 18.5. The van der Waals surface area contributed by atoms with Gasteiger partial charge in [0.05, 0.1) is 28.4 Å². The van der Waals surface area contributed by atoms with Crippen molar-refractivity contribution in [2.45, 2.75) is 32.2 Å². The first-order valence-electron chi connectivity index (χ1n) is 12.5. The third kappa shape index (κ3) is 7.38. The van der Waals surface area contributed by atoms with Crippen LogP contribution in [-0.4, -0.2) is 45.4 Å². The van der Waals surface area contributed by atoms with E-state index < -0.39 is 0 Å². The van der Waals surface area contributed by atoms with Crippen molar-refractivity contribution in [3.8, 4) is 23.0 Å². The Morgan fingerprint density at radius 2 is 1.53 bits per heavy atom. The highest BCUT2D eigenvalue weighted by molar-refractivity contribution is 5.91. The molecular formula is C31H36N2O5. The SMILES string of the molecule is COc1cccc(C(=CC=CC(=O)N[C@H](C)CCCc2cccnc2)c2cccc(OC)c2OC)c1OC. The second-order valence-electron chi connectivity index (χ2n) is 8.68. The molecule has 3 rings (SSSR count). The smallest absolute Gasteiger partial charge is 0.244 e. The zero-order valence-corrected chi connectivity index (χ0v) is 22.7. The first-order valence-corrected chi connectivity index (χ1v) is 12.5. The number of benzene rings is 2. The Labute approximate surface area is 225 Å². The van der Waals surface area contributed by atoms with E-state index in [2.05, 4.69) is 16.4 Å². The quantitative estimate of drug-likeness (QED) is 0.234. The Morgan fingerprint density at radius 3 is 2.05 bits per heavy atom. The molecule has 2 aromatic carbocycles. The van der Waals surface area contributed by atoms with Crippen LogP contribution in [0.15, 0.2) is 79.2 Å². The molecule has 0 radical (unpaired) electrons. The van der Waals surface area contributed by atoms with E-state index in [1.807, 2.05) is 61.7 Å². The molecule has 0 aliphatic rings. The fraction of sp³-hybridized carbons (Fsp3) is 0.290. The van der Waals surface area contributed by atoms with Gasteiger partial charge in [-0.05, 0) is 55.5 Å². The van der Waals surface area contributed by atoms with E-state index in [0.717, 1.165) is 36.0 Å². The van der Waals surface area contributed by atoms with Crippen molar-refractivity contribution in [2.75, 3.05) is 28.4 Å². The second-order valence-corrected chi connectivity index (χ2v) is 8.68. The molecule has 7 heteroatoms. The minimum atomic E-state index is -0.162. The van der Waals surface area contributed by atoms with E-state index in [1.54, 1.807) is 40.7 Å². The minimum absolute atomic E-state index is 0.0456. The molecule has 0 saturated heterocycles. The van der Waals surface area contributed by atoms with Gasteiger partial charge in [0.1, 0.15) is 0 Å². The third-order valence-electron chi connectivity index (χ3n) is 6.11. The van der Waals surface area contributed by atoms with E-state index in [1.165, 1.54) is 11.6 Å². The second kappa shape index (κ2) is 14.5. The lowest BCUT2D eigenvalue weighted by atomic mass is 9.95. The van der Waals surface area contributed by atoms with E-state index >= 15 is 0 Å². The minimum Gasteiger partial charge on any atom is -0.493 e. The van der Waals surface area contributed by atoms with Crippen molar-refractivity contribution in [1.29, 1.82) is 0 Å². The number of para-hydroxylation sites is 2. The standard InChI is InChI=1S/C31H36N2O5/c1-22(11-6-12-23-13-10-20-32-21-23)33-29(34)19-9-14-24(25-15-7-17-27(35-2)30(25)37-4)26-16-8-18-28(36-3)31(26)38-5/h7-10,13-22H,6,11-12H2,1-5H3,(H,33,34)/t22-/m1/s1. The molecule has 1 amide bonds. The summed E-state index contributed by atoms with van der Waals surface area (Å²) in [6.07, 6.45) is 11.5. The van der Waals surface area contributed by atoms with Gasteiger partial charge in [-0.15, -0.1) is 0 Å². The number of hydrogen-bond acceptors (Lipinski definition) is 6. The summed E-state index contributed by atoms with van der Waals surface area (Å²) in [6.45, 7) is 2.01. The fourth-order valence-corrected chi connectivity index (χ4v) is 4.28. The number of aromatic nitrogens is 1. The van der Waals surface area contributed by atoms with Crippen molar-refractivity contribution in [3.63, 3.8) is 0 Å². The van der Waals surface area contributed by atoms with Crippen LogP contribution in [0.5, 0.6) is 23.0 Å². The predicted molar refractivity (Wildman–Crippen MR) is 150 cm³/mol. The zero-order chi connectivity index (χ0) is 27.3. The maximum absolute atomic E-state index is 12.7. The molecule has 1 aromatic heterocycles. The molecule has 0 unspecified atom stereocenters. The van der Waals surface area contributed by atoms with E-state index in [0.29, 0.717) is 23.0 Å². The number of carbonyl (C=O) groups excluding carboxylic acids is 1. The van der Waals surface area contributed by atoms with E-state index in [-0.39, 0.29) is 11.9 Å². The number of pyridine rings is 1. The van der Waals surface area contributed by atoms with Crippen LogP contribution >= 0.6 is 0 Å². The molecule has 0 spiro atoms. The monoisotopic (exact) mass is 516 g/mol. The number of rotatable bonds is 13. The number of methoxy groups -OCH3 is 4. The molecule has 0 aliphatic carbocycles. The average molecular weight is 517 g/mol. The molecule has 1 heterocycles. The highest BCUT2D eigenvalue weighted by Crippen LogP contribution is 2.43. The van der Waals surface area contributed by atoms with Crippen molar-refractivity contribution < 1.29 is 23.7 Å². The summed E-state index contributed by atoms with van der Waals surface area (Å²) in [7, 11) is 6.39. The van der Waals surface area contributed by atoms with Crippen LogP contribution in [-0.2, 0) is 11.2 Å². The summed E-state index contributed by atoms with van der Waals surface area (Å²) in [4.78, 5) is 16.8. The first kappa shape index (κ1) is 28.3.